The maximum absolute atomic E-state index is 13.0. The number of nitro groups is 1. The van der Waals surface area contributed by atoms with E-state index in [9.17, 15) is 19.7 Å². The van der Waals surface area contributed by atoms with E-state index in [-0.39, 0.29) is 11.4 Å². The molecule has 8 heteroatoms. The normalized spacial score (nSPS) is 10.9. The largest absolute Gasteiger partial charge is 0.494 e. The van der Waals surface area contributed by atoms with Gasteiger partial charge in [-0.25, -0.2) is 0 Å². The Hall–Kier alpha value is -4.46. The van der Waals surface area contributed by atoms with Gasteiger partial charge in [-0.05, 0) is 54.5 Å². The number of amides is 2. The lowest BCUT2D eigenvalue weighted by molar-refractivity contribution is -0.384. The monoisotopic (exact) mass is 459 g/mol. The van der Waals surface area contributed by atoms with Gasteiger partial charge < -0.3 is 15.4 Å². The molecular formula is C26H25N3O5. The molecule has 0 fully saturated rings. The number of hydrogen-bond acceptors (Lipinski definition) is 5. The Morgan fingerprint density at radius 1 is 1.00 bits per heavy atom. The molecule has 0 spiro atoms. The van der Waals surface area contributed by atoms with Gasteiger partial charge in [0.25, 0.3) is 17.5 Å². The molecule has 3 rings (SSSR count). The third-order valence-corrected chi connectivity index (χ3v) is 4.80. The van der Waals surface area contributed by atoms with E-state index < -0.39 is 16.7 Å². The number of nitrogens with zero attached hydrogens (tertiary/aromatic N) is 1. The Bertz CT molecular complexity index is 1170. The summed E-state index contributed by atoms with van der Waals surface area (Å²) in [6, 6.07) is 21.2. The van der Waals surface area contributed by atoms with Gasteiger partial charge in [0.2, 0.25) is 0 Å². The lowest BCUT2D eigenvalue weighted by Crippen LogP contribution is -2.30. The van der Waals surface area contributed by atoms with Crippen molar-refractivity contribution >= 4 is 29.3 Å². The first-order valence-corrected chi connectivity index (χ1v) is 10.8. The first kappa shape index (κ1) is 24.2. The molecule has 0 saturated heterocycles. The Morgan fingerprint density at radius 3 is 2.41 bits per heavy atom. The predicted octanol–water partition coefficient (Wildman–Crippen LogP) is 5.18. The molecule has 2 N–H and O–H groups in total. The third-order valence-electron chi connectivity index (χ3n) is 4.80. The molecule has 0 radical (unpaired) electrons. The van der Waals surface area contributed by atoms with Crippen LogP contribution in [0.3, 0.4) is 0 Å². The maximum atomic E-state index is 13.0. The zero-order chi connectivity index (χ0) is 24.3. The molecule has 0 atom stereocenters. The van der Waals surface area contributed by atoms with E-state index in [1.54, 1.807) is 54.6 Å². The highest BCUT2D eigenvalue weighted by Gasteiger charge is 2.16. The number of nitro benzene ring substituents is 1. The molecular weight excluding hydrogens is 434 g/mol. The van der Waals surface area contributed by atoms with Crippen molar-refractivity contribution in [2.75, 3.05) is 11.9 Å². The SMILES string of the molecule is CCCCOc1ccc(C(=O)NC(=Cc2cccc([N+](=O)[O-])c2)C(=O)Nc2ccccc2)cc1. The number of ether oxygens (including phenoxy) is 1. The average molecular weight is 460 g/mol. The number of unbranched alkanes of at least 4 members (excludes halogenated alkanes) is 1. The Labute approximate surface area is 197 Å². The van der Waals surface area contributed by atoms with E-state index in [1.165, 1.54) is 24.3 Å². The van der Waals surface area contributed by atoms with Crippen LogP contribution in [0.1, 0.15) is 35.7 Å². The summed E-state index contributed by atoms with van der Waals surface area (Å²) in [5.74, 6) is -0.412. The van der Waals surface area contributed by atoms with Crippen molar-refractivity contribution < 1.29 is 19.2 Å². The van der Waals surface area contributed by atoms with Crippen LogP contribution in [0, 0.1) is 10.1 Å². The lowest BCUT2D eigenvalue weighted by Gasteiger charge is -2.12. The molecule has 0 aliphatic carbocycles. The van der Waals surface area contributed by atoms with Crippen molar-refractivity contribution in [2.24, 2.45) is 0 Å². The molecule has 34 heavy (non-hydrogen) atoms. The molecule has 0 unspecified atom stereocenters. The van der Waals surface area contributed by atoms with E-state index in [0.717, 1.165) is 12.8 Å². The number of rotatable bonds is 10. The first-order chi connectivity index (χ1) is 16.5. The van der Waals surface area contributed by atoms with Crippen LogP contribution in [-0.2, 0) is 4.79 Å². The molecule has 8 nitrogen and oxygen atoms in total. The second-order valence-electron chi connectivity index (χ2n) is 7.41. The van der Waals surface area contributed by atoms with Gasteiger partial charge in [0.1, 0.15) is 11.4 Å². The number of anilines is 1. The van der Waals surface area contributed by atoms with Gasteiger partial charge in [0, 0.05) is 23.4 Å². The molecule has 3 aromatic rings. The fraction of sp³-hybridized carbons (Fsp3) is 0.154. The quantitative estimate of drug-likeness (QED) is 0.188. The van der Waals surface area contributed by atoms with Crippen LogP contribution in [0.4, 0.5) is 11.4 Å². The van der Waals surface area contributed by atoms with Gasteiger partial charge in [-0.1, -0.05) is 43.7 Å². The highest BCUT2D eigenvalue weighted by Crippen LogP contribution is 2.17. The van der Waals surface area contributed by atoms with E-state index in [4.69, 9.17) is 4.74 Å². The van der Waals surface area contributed by atoms with Crippen molar-refractivity contribution in [3.05, 3.63) is 106 Å². The van der Waals surface area contributed by atoms with Crippen LogP contribution < -0.4 is 15.4 Å². The van der Waals surface area contributed by atoms with Crippen LogP contribution in [-0.4, -0.2) is 23.3 Å². The molecule has 0 aliphatic heterocycles. The van der Waals surface area contributed by atoms with Crippen molar-refractivity contribution in [1.82, 2.24) is 5.32 Å². The number of nitrogens with one attached hydrogen (secondary N) is 2. The first-order valence-electron chi connectivity index (χ1n) is 10.8. The van der Waals surface area contributed by atoms with Crippen LogP contribution in [0.25, 0.3) is 6.08 Å². The zero-order valence-electron chi connectivity index (χ0n) is 18.7. The highest BCUT2D eigenvalue weighted by atomic mass is 16.6. The number of carbonyl (C=O) groups excluding carboxylic acids is 2. The maximum Gasteiger partial charge on any atom is 0.272 e. The fourth-order valence-electron chi connectivity index (χ4n) is 3.00. The summed E-state index contributed by atoms with van der Waals surface area (Å²) in [5, 5.41) is 16.5. The molecule has 0 saturated carbocycles. The summed E-state index contributed by atoms with van der Waals surface area (Å²) in [4.78, 5) is 36.4. The molecule has 0 aliphatic rings. The van der Waals surface area contributed by atoms with Crippen LogP contribution >= 0.6 is 0 Å². The molecule has 3 aromatic carbocycles. The zero-order valence-corrected chi connectivity index (χ0v) is 18.7. The Balaban J connectivity index is 1.83. The third kappa shape index (κ3) is 7.03. The van der Waals surface area contributed by atoms with Crippen molar-refractivity contribution in [3.63, 3.8) is 0 Å². The van der Waals surface area contributed by atoms with Gasteiger partial charge in [0.05, 0.1) is 11.5 Å². The summed E-state index contributed by atoms with van der Waals surface area (Å²) in [6.45, 7) is 2.67. The molecule has 0 bridgehead atoms. The highest BCUT2D eigenvalue weighted by molar-refractivity contribution is 6.10. The van der Waals surface area contributed by atoms with E-state index in [0.29, 0.717) is 29.2 Å². The second-order valence-corrected chi connectivity index (χ2v) is 7.41. The smallest absolute Gasteiger partial charge is 0.272 e. The van der Waals surface area contributed by atoms with Crippen molar-refractivity contribution in [2.45, 2.75) is 19.8 Å². The van der Waals surface area contributed by atoms with Gasteiger partial charge in [0.15, 0.2) is 0 Å². The average Bonchev–Trinajstić information content (AvgIpc) is 2.85. The molecule has 174 valence electrons. The van der Waals surface area contributed by atoms with Crippen LogP contribution in [0.15, 0.2) is 84.6 Å². The Morgan fingerprint density at radius 2 is 1.74 bits per heavy atom. The lowest BCUT2D eigenvalue weighted by atomic mass is 10.1. The van der Waals surface area contributed by atoms with Crippen molar-refractivity contribution in [1.29, 1.82) is 0 Å². The molecule has 2 amide bonds. The summed E-state index contributed by atoms with van der Waals surface area (Å²) in [5.41, 5.74) is 1.09. The number of para-hydroxylation sites is 1. The Kier molecular flexibility index (Phi) is 8.51. The standard InChI is InChI=1S/C26H25N3O5/c1-2-3-16-34-23-14-12-20(13-15-23)25(30)28-24(26(31)27-21-9-5-4-6-10-21)18-19-8-7-11-22(17-19)29(32)33/h4-15,17-18H,2-3,16H2,1H3,(H,27,31)(H,28,30). The predicted molar refractivity (Wildman–Crippen MR) is 130 cm³/mol. The van der Waals surface area contributed by atoms with Crippen LogP contribution in [0.5, 0.6) is 5.75 Å². The summed E-state index contributed by atoms with van der Waals surface area (Å²) >= 11 is 0. The number of hydrogen-bond donors (Lipinski definition) is 2. The summed E-state index contributed by atoms with van der Waals surface area (Å²) in [7, 11) is 0. The number of carbonyl (C=O) groups is 2. The fourth-order valence-corrected chi connectivity index (χ4v) is 3.00. The van der Waals surface area contributed by atoms with Gasteiger partial charge in [-0.3, -0.25) is 19.7 Å². The van der Waals surface area contributed by atoms with E-state index >= 15 is 0 Å². The van der Waals surface area contributed by atoms with Crippen molar-refractivity contribution in [3.8, 4) is 5.75 Å². The van der Waals surface area contributed by atoms with Gasteiger partial charge in [-0.15, -0.1) is 0 Å². The van der Waals surface area contributed by atoms with Crippen LogP contribution in [0.2, 0.25) is 0 Å². The molecule has 0 aromatic heterocycles. The van der Waals surface area contributed by atoms with E-state index in [2.05, 4.69) is 17.6 Å². The van der Waals surface area contributed by atoms with E-state index in [1.807, 2.05) is 6.07 Å². The van der Waals surface area contributed by atoms with Gasteiger partial charge >= 0.3 is 0 Å². The summed E-state index contributed by atoms with van der Waals surface area (Å²) in [6.07, 6.45) is 3.35. The minimum atomic E-state index is -0.564. The topological polar surface area (TPSA) is 111 Å². The number of non-ortho nitro benzene ring substituents is 1. The number of benzene rings is 3. The molecule has 0 heterocycles. The second kappa shape index (κ2) is 12.0. The minimum Gasteiger partial charge on any atom is -0.494 e. The van der Waals surface area contributed by atoms with Gasteiger partial charge in [-0.2, -0.15) is 0 Å². The minimum absolute atomic E-state index is 0.0578. The summed E-state index contributed by atoms with van der Waals surface area (Å²) < 4.78 is 5.61.